The second-order valence-electron chi connectivity index (χ2n) is 6.30. The third-order valence-corrected chi connectivity index (χ3v) is 5.34. The summed E-state index contributed by atoms with van der Waals surface area (Å²) < 4.78 is 5.48. The van der Waals surface area contributed by atoms with Gasteiger partial charge in [-0.25, -0.2) is 0 Å². The van der Waals surface area contributed by atoms with Crippen LogP contribution in [0.3, 0.4) is 0 Å². The van der Waals surface area contributed by atoms with Crippen molar-refractivity contribution in [2.75, 3.05) is 7.11 Å². The maximum Gasteiger partial charge on any atom is 0.163 e. The molecule has 2 atom stereocenters. The van der Waals surface area contributed by atoms with Gasteiger partial charge in [0.1, 0.15) is 5.75 Å². The molecule has 19 heavy (non-hydrogen) atoms. The van der Waals surface area contributed by atoms with E-state index in [0.717, 1.165) is 36.1 Å². The van der Waals surface area contributed by atoms with Gasteiger partial charge in [-0.2, -0.15) is 0 Å². The Morgan fingerprint density at radius 3 is 2.84 bits per heavy atom. The first-order chi connectivity index (χ1) is 9.22. The standard InChI is InChI=1S/C17H18O2/c1-19-16-4-2-3-13-14(16)9-17(10-15(13)18)8-11-5-6-12(17)7-11/h2-5,12H,6-10H2,1H3. The van der Waals surface area contributed by atoms with Crippen molar-refractivity contribution >= 4 is 5.78 Å². The molecule has 1 aromatic rings. The third-order valence-electron chi connectivity index (χ3n) is 5.34. The molecule has 3 aliphatic carbocycles. The van der Waals surface area contributed by atoms with Gasteiger partial charge >= 0.3 is 0 Å². The molecule has 1 aromatic carbocycles. The molecule has 0 radical (unpaired) electrons. The van der Waals surface area contributed by atoms with Gasteiger partial charge in [-0.3, -0.25) is 4.79 Å². The van der Waals surface area contributed by atoms with E-state index in [2.05, 4.69) is 6.08 Å². The molecule has 1 fully saturated rings. The molecule has 1 saturated carbocycles. The average molecular weight is 254 g/mol. The van der Waals surface area contributed by atoms with Crippen LogP contribution >= 0.6 is 0 Å². The molecule has 4 rings (SSSR count). The molecule has 0 heterocycles. The van der Waals surface area contributed by atoms with Crippen molar-refractivity contribution in [2.24, 2.45) is 11.3 Å². The van der Waals surface area contributed by atoms with E-state index in [1.54, 1.807) is 12.7 Å². The lowest BCUT2D eigenvalue weighted by atomic mass is 9.63. The monoisotopic (exact) mass is 254 g/mol. The van der Waals surface area contributed by atoms with Gasteiger partial charge in [0.15, 0.2) is 5.78 Å². The number of carbonyl (C=O) groups excluding carboxylic acids is 1. The van der Waals surface area contributed by atoms with Crippen molar-refractivity contribution in [1.29, 1.82) is 0 Å². The van der Waals surface area contributed by atoms with Gasteiger partial charge in [0.05, 0.1) is 7.11 Å². The predicted octanol–water partition coefficient (Wildman–Crippen LogP) is 3.55. The summed E-state index contributed by atoms with van der Waals surface area (Å²) in [6, 6.07) is 5.87. The molecule has 0 amide bonds. The van der Waals surface area contributed by atoms with E-state index < -0.39 is 0 Å². The van der Waals surface area contributed by atoms with Crippen molar-refractivity contribution in [1.82, 2.24) is 0 Å². The van der Waals surface area contributed by atoms with E-state index in [-0.39, 0.29) is 5.41 Å². The van der Waals surface area contributed by atoms with Gasteiger partial charge < -0.3 is 4.74 Å². The van der Waals surface area contributed by atoms with E-state index in [0.29, 0.717) is 11.7 Å². The molecule has 2 unspecified atom stereocenters. The lowest BCUT2D eigenvalue weighted by molar-refractivity contribution is 0.0820. The Bertz CT molecular complexity index is 599. The summed E-state index contributed by atoms with van der Waals surface area (Å²) in [5.41, 5.74) is 3.82. The highest BCUT2D eigenvalue weighted by atomic mass is 16.5. The van der Waals surface area contributed by atoms with Crippen LogP contribution in [0.2, 0.25) is 0 Å². The van der Waals surface area contributed by atoms with Crippen LogP contribution < -0.4 is 4.74 Å². The van der Waals surface area contributed by atoms with E-state index in [1.807, 2.05) is 18.2 Å². The van der Waals surface area contributed by atoms with Gasteiger partial charge in [-0.15, -0.1) is 0 Å². The first-order valence-electron chi connectivity index (χ1n) is 7.09. The second kappa shape index (κ2) is 3.72. The fourth-order valence-corrected chi connectivity index (χ4v) is 4.44. The Morgan fingerprint density at radius 2 is 2.16 bits per heavy atom. The van der Waals surface area contributed by atoms with Gasteiger partial charge in [0.25, 0.3) is 0 Å². The molecule has 0 aliphatic heterocycles. The maximum atomic E-state index is 12.5. The number of carbonyl (C=O) groups is 1. The quantitative estimate of drug-likeness (QED) is 0.716. The number of hydrogen-bond donors (Lipinski definition) is 0. The molecule has 2 heteroatoms. The molecule has 2 nitrogen and oxygen atoms in total. The van der Waals surface area contributed by atoms with Crippen LogP contribution in [-0.2, 0) is 6.42 Å². The highest BCUT2D eigenvalue weighted by molar-refractivity contribution is 6.00. The van der Waals surface area contributed by atoms with Crippen molar-refractivity contribution in [2.45, 2.75) is 32.1 Å². The van der Waals surface area contributed by atoms with Crippen LogP contribution in [0.5, 0.6) is 5.75 Å². The summed E-state index contributed by atoms with van der Waals surface area (Å²) >= 11 is 0. The Labute approximate surface area is 113 Å². The molecular weight excluding hydrogens is 236 g/mol. The molecule has 0 aromatic heterocycles. The minimum absolute atomic E-state index is 0.197. The van der Waals surface area contributed by atoms with Crippen LogP contribution in [0.1, 0.15) is 41.6 Å². The van der Waals surface area contributed by atoms with Crippen molar-refractivity contribution < 1.29 is 9.53 Å². The maximum absolute atomic E-state index is 12.5. The van der Waals surface area contributed by atoms with Crippen LogP contribution in [0.4, 0.5) is 0 Å². The number of methoxy groups -OCH3 is 1. The lowest BCUT2D eigenvalue weighted by Gasteiger charge is -2.40. The van der Waals surface area contributed by atoms with E-state index in [1.165, 1.54) is 12.8 Å². The van der Waals surface area contributed by atoms with Crippen molar-refractivity contribution in [3.63, 3.8) is 0 Å². The number of Topliss-reactive ketones (excluding diaryl/α,β-unsaturated/α-hetero) is 1. The summed E-state index contributed by atoms with van der Waals surface area (Å²) in [6.45, 7) is 0. The molecular formula is C17H18O2. The minimum Gasteiger partial charge on any atom is -0.496 e. The number of allylic oxidation sites excluding steroid dienone is 2. The molecule has 2 bridgehead atoms. The Morgan fingerprint density at radius 1 is 1.26 bits per heavy atom. The normalized spacial score (nSPS) is 31.5. The number of benzene rings is 1. The summed E-state index contributed by atoms with van der Waals surface area (Å²) in [4.78, 5) is 12.5. The zero-order chi connectivity index (χ0) is 13.0. The average Bonchev–Trinajstić information content (AvgIpc) is 2.98. The largest absolute Gasteiger partial charge is 0.496 e. The van der Waals surface area contributed by atoms with Crippen molar-refractivity contribution in [3.05, 3.63) is 41.0 Å². The first-order valence-corrected chi connectivity index (χ1v) is 7.09. The zero-order valence-electron chi connectivity index (χ0n) is 11.2. The fraction of sp³-hybridized carbons (Fsp3) is 0.471. The van der Waals surface area contributed by atoms with Gasteiger partial charge in [-0.1, -0.05) is 23.8 Å². The molecule has 0 N–H and O–H groups in total. The van der Waals surface area contributed by atoms with Crippen molar-refractivity contribution in [3.8, 4) is 5.75 Å². The topological polar surface area (TPSA) is 26.3 Å². The summed E-state index contributed by atoms with van der Waals surface area (Å²) in [5, 5.41) is 0. The predicted molar refractivity (Wildman–Crippen MR) is 73.5 cm³/mol. The smallest absolute Gasteiger partial charge is 0.163 e. The molecule has 3 aliphatic rings. The number of ketones is 1. The highest BCUT2D eigenvalue weighted by Crippen LogP contribution is 2.58. The summed E-state index contributed by atoms with van der Waals surface area (Å²) in [6.07, 6.45) is 7.65. The van der Waals surface area contributed by atoms with Gasteiger partial charge in [0.2, 0.25) is 0 Å². The highest BCUT2D eigenvalue weighted by Gasteiger charge is 2.51. The van der Waals surface area contributed by atoms with Crippen LogP contribution in [0.15, 0.2) is 29.8 Å². The fourth-order valence-electron chi connectivity index (χ4n) is 4.44. The number of ether oxygens (including phenoxy) is 1. The Kier molecular flexibility index (Phi) is 2.21. The van der Waals surface area contributed by atoms with Gasteiger partial charge in [-0.05, 0) is 43.1 Å². The lowest BCUT2D eigenvalue weighted by Crippen LogP contribution is -2.36. The van der Waals surface area contributed by atoms with Crippen LogP contribution in [0, 0.1) is 11.3 Å². The van der Waals surface area contributed by atoms with Crippen LogP contribution in [0.25, 0.3) is 0 Å². The van der Waals surface area contributed by atoms with E-state index in [9.17, 15) is 4.79 Å². The number of rotatable bonds is 1. The second-order valence-corrected chi connectivity index (χ2v) is 6.30. The summed E-state index contributed by atoms with van der Waals surface area (Å²) in [5.74, 6) is 1.89. The number of hydrogen-bond acceptors (Lipinski definition) is 2. The first kappa shape index (κ1) is 11.3. The summed E-state index contributed by atoms with van der Waals surface area (Å²) in [7, 11) is 1.70. The number of fused-ring (bicyclic) bond motifs is 4. The van der Waals surface area contributed by atoms with Gasteiger partial charge in [0, 0.05) is 17.5 Å². The SMILES string of the molecule is COc1cccc2c1CC1(CC2=O)CC2=CCC1C2. The molecule has 1 spiro atoms. The third kappa shape index (κ3) is 1.46. The Balaban J connectivity index is 1.82. The van der Waals surface area contributed by atoms with E-state index >= 15 is 0 Å². The zero-order valence-corrected chi connectivity index (χ0v) is 11.2. The van der Waals surface area contributed by atoms with Crippen LogP contribution in [-0.4, -0.2) is 12.9 Å². The van der Waals surface area contributed by atoms with E-state index in [4.69, 9.17) is 4.74 Å². The minimum atomic E-state index is 0.197. The molecule has 98 valence electrons. The molecule has 0 saturated heterocycles. The Hall–Kier alpha value is -1.57.